The van der Waals surface area contributed by atoms with Crippen molar-refractivity contribution in [1.82, 2.24) is 16.0 Å². The predicted molar refractivity (Wildman–Crippen MR) is 107 cm³/mol. The molecule has 27 heavy (non-hydrogen) atoms. The van der Waals surface area contributed by atoms with Crippen LogP contribution in [0.3, 0.4) is 0 Å². The summed E-state index contributed by atoms with van der Waals surface area (Å²) in [6.45, 7) is 0.564. The summed E-state index contributed by atoms with van der Waals surface area (Å²) in [7, 11) is -1.16. The first-order valence-corrected chi connectivity index (χ1v) is 12.3. The van der Waals surface area contributed by atoms with Gasteiger partial charge in [-0.25, -0.2) is 8.42 Å². The lowest BCUT2D eigenvalue weighted by Crippen LogP contribution is -2.48. The Hall–Kier alpha value is -1.31. The molecule has 154 valence electrons. The Morgan fingerprint density at radius 1 is 0.963 bits per heavy atom. The first-order valence-electron chi connectivity index (χ1n) is 10.4. The number of rotatable bonds is 5. The maximum Gasteiger partial charge on any atom is 0.222 e. The van der Waals surface area contributed by atoms with Gasteiger partial charge in [0.1, 0.15) is 0 Å². The summed E-state index contributed by atoms with van der Waals surface area (Å²) in [5.41, 5.74) is 0. The Labute approximate surface area is 163 Å². The van der Waals surface area contributed by atoms with Crippen molar-refractivity contribution in [3.63, 3.8) is 0 Å². The summed E-state index contributed by atoms with van der Waals surface area (Å²) < 4.78 is 23.4. The molecule has 1 unspecified atom stereocenters. The molecule has 1 heterocycles. The quantitative estimate of drug-likeness (QED) is 0.477. The van der Waals surface area contributed by atoms with E-state index in [1.54, 1.807) is 7.05 Å². The topological polar surface area (TPSA) is 99.7 Å². The van der Waals surface area contributed by atoms with Crippen molar-refractivity contribution in [3.8, 4) is 0 Å². The maximum absolute atomic E-state index is 11.8. The van der Waals surface area contributed by atoms with E-state index in [0.29, 0.717) is 24.4 Å². The third-order valence-corrected chi connectivity index (χ3v) is 8.05. The first kappa shape index (κ1) is 20.4. The van der Waals surface area contributed by atoms with E-state index in [-0.39, 0.29) is 23.5 Å². The number of carbonyl (C=O) groups excluding carboxylic acids is 1. The predicted octanol–water partition coefficient (Wildman–Crippen LogP) is 1.20. The molecule has 2 aliphatic carbocycles. The number of nitrogens with zero attached hydrogens (tertiary/aromatic N) is 1. The number of nitrogens with one attached hydrogen (secondary N) is 3. The Balaban J connectivity index is 1.55. The van der Waals surface area contributed by atoms with Gasteiger partial charge in [-0.15, -0.1) is 0 Å². The largest absolute Gasteiger partial charge is 0.359 e. The molecule has 0 radical (unpaired) electrons. The molecule has 3 fully saturated rings. The number of aliphatic imine (C=N–C) groups is 1. The van der Waals surface area contributed by atoms with Crippen LogP contribution in [-0.2, 0) is 14.6 Å². The molecule has 1 saturated heterocycles. The average molecular weight is 399 g/mol. The van der Waals surface area contributed by atoms with Crippen LogP contribution in [0.25, 0.3) is 0 Å². The van der Waals surface area contributed by atoms with Crippen LogP contribution in [0.4, 0.5) is 0 Å². The molecule has 1 aliphatic heterocycles. The summed E-state index contributed by atoms with van der Waals surface area (Å²) in [5, 5.41) is 9.88. The van der Waals surface area contributed by atoms with Gasteiger partial charge in [0.05, 0.1) is 11.5 Å². The summed E-state index contributed by atoms with van der Waals surface area (Å²) in [6, 6.07) is 0.789. The monoisotopic (exact) mass is 398 g/mol. The number of hydrogen-bond donors (Lipinski definition) is 3. The molecule has 1 amide bonds. The van der Waals surface area contributed by atoms with Crippen LogP contribution in [-0.4, -0.2) is 57.5 Å². The second-order valence-corrected chi connectivity index (χ2v) is 10.6. The molecule has 0 aromatic rings. The van der Waals surface area contributed by atoms with Gasteiger partial charge in [-0.2, -0.15) is 0 Å². The third-order valence-electron chi connectivity index (χ3n) is 6.22. The van der Waals surface area contributed by atoms with Crippen LogP contribution >= 0.6 is 0 Å². The van der Waals surface area contributed by atoms with E-state index in [2.05, 4.69) is 16.0 Å². The Morgan fingerprint density at radius 2 is 1.59 bits per heavy atom. The number of hydrogen-bond acceptors (Lipinski definition) is 4. The molecular weight excluding hydrogens is 364 g/mol. The van der Waals surface area contributed by atoms with Gasteiger partial charge in [0.15, 0.2) is 15.8 Å². The highest BCUT2D eigenvalue weighted by molar-refractivity contribution is 7.91. The van der Waals surface area contributed by atoms with Gasteiger partial charge in [0.25, 0.3) is 0 Å². The maximum atomic E-state index is 11.8. The van der Waals surface area contributed by atoms with Crippen LogP contribution in [0.1, 0.15) is 57.8 Å². The van der Waals surface area contributed by atoms with E-state index in [0.717, 1.165) is 38.1 Å². The lowest BCUT2D eigenvalue weighted by molar-refractivity contribution is -0.125. The van der Waals surface area contributed by atoms with E-state index < -0.39 is 9.84 Å². The molecule has 3 rings (SSSR count). The van der Waals surface area contributed by atoms with Crippen LogP contribution in [0.15, 0.2) is 4.99 Å². The van der Waals surface area contributed by atoms with Crippen LogP contribution in [0, 0.1) is 11.8 Å². The second-order valence-electron chi connectivity index (χ2n) is 8.39. The van der Waals surface area contributed by atoms with E-state index in [9.17, 15) is 13.2 Å². The number of amides is 1. The van der Waals surface area contributed by atoms with Gasteiger partial charge in [-0.3, -0.25) is 9.79 Å². The Morgan fingerprint density at radius 3 is 2.15 bits per heavy atom. The van der Waals surface area contributed by atoms with Crippen molar-refractivity contribution in [2.75, 3.05) is 25.1 Å². The smallest absolute Gasteiger partial charge is 0.222 e. The molecule has 7 nitrogen and oxygen atoms in total. The standard InChI is InChI=1S/C19H34N4O3S/c1-20-18(24)15-6-8-17(9-7-15)23-19(22-16-4-2-3-5-16)21-12-14-10-11-27(25,26)13-14/h14-17H,2-13H2,1H3,(H,20,24)(H2,21,22,23). The summed E-state index contributed by atoms with van der Waals surface area (Å²) in [5.74, 6) is 1.81. The molecule has 3 N–H and O–H groups in total. The van der Waals surface area contributed by atoms with Crippen LogP contribution in [0.5, 0.6) is 0 Å². The second kappa shape index (κ2) is 9.26. The van der Waals surface area contributed by atoms with E-state index in [1.807, 2.05) is 0 Å². The van der Waals surface area contributed by atoms with Crippen molar-refractivity contribution in [2.24, 2.45) is 16.8 Å². The van der Waals surface area contributed by atoms with Crippen molar-refractivity contribution in [1.29, 1.82) is 0 Å². The van der Waals surface area contributed by atoms with Gasteiger partial charge in [0.2, 0.25) is 5.91 Å². The summed E-state index contributed by atoms with van der Waals surface area (Å²) >= 11 is 0. The minimum Gasteiger partial charge on any atom is -0.359 e. The van der Waals surface area contributed by atoms with Gasteiger partial charge in [-0.05, 0) is 50.9 Å². The highest BCUT2D eigenvalue weighted by atomic mass is 32.2. The summed E-state index contributed by atoms with van der Waals surface area (Å²) in [4.78, 5) is 16.6. The summed E-state index contributed by atoms with van der Waals surface area (Å²) in [6.07, 6.45) is 9.28. The molecule has 0 bridgehead atoms. The zero-order valence-corrected chi connectivity index (χ0v) is 17.2. The van der Waals surface area contributed by atoms with E-state index >= 15 is 0 Å². The number of sulfone groups is 1. The van der Waals surface area contributed by atoms with Crippen molar-refractivity contribution >= 4 is 21.7 Å². The molecule has 0 aromatic carbocycles. The van der Waals surface area contributed by atoms with Gasteiger partial charge >= 0.3 is 0 Å². The van der Waals surface area contributed by atoms with E-state index in [4.69, 9.17) is 4.99 Å². The minimum absolute atomic E-state index is 0.125. The first-order chi connectivity index (χ1) is 12.9. The zero-order chi connectivity index (χ0) is 19.3. The van der Waals surface area contributed by atoms with Gasteiger partial charge in [-0.1, -0.05) is 12.8 Å². The van der Waals surface area contributed by atoms with Crippen LogP contribution in [0.2, 0.25) is 0 Å². The lowest BCUT2D eigenvalue weighted by Gasteiger charge is -2.30. The van der Waals surface area contributed by atoms with Crippen molar-refractivity contribution < 1.29 is 13.2 Å². The molecule has 3 aliphatic rings. The third kappa shape index (κ3) is 6.09. The molecule has 2 saturated carbocycles. The van der Waals surface area contributed by atoms with Crippen molar-refractivity contribution in [3.05, 3.63) is 0 Å². The lowest BCUT2D eigenvalue weighted by atomic mass is 9.85. The number of carbonyl (C=O) groups is 1. The SMILES string of the molecule is CNC(=O)C1CCC(NC(=NCC2CCS(=O)(=O)C2)NC2CCCC2)CC1. The minimum atomic E-state index is -2.86. The molecular formula is C19H34N4O3S. The highest BCUT2D eigenvalue weighted by Crippen LogP contribution is 2.25. The fourth-order valence-electron chi connectivity index (χ4n) is 4.53. The molecule has 0 aromatic heterocycles. The Kier molecular flexibility index (Phi) is 7.00. The fraction of sp³-hybridized carbons (Fsp3) is 0.895. The molecule has 8 heteroatoms. The molecule has 0 spiro atoms. The number of guanidine groups is 1. The van der Waals surface area contributed by atoms with Gasteiger partial charge in [0, 0.05) is 31.6 Å². The normalized spacial score (nSPS) is 31.6. The van der Waals surface area contributed by atoms with Crippen molar-refractivity contribution in [2.45, 2.75) is 69.9 Å². The highest BCUT2D eigenvalue weighted by Gasteiger charge is 2.29. The van der Waals surface area contributed by atoms with Gasteiger partial charge < -0.3 is 16.0 Å². The van der Waals surface area contributed by atoms with Crippen LogP contribution < -0.4 is 16.0 Å². The average Bonchev–Trinajstić information content (AvgIpc) is 3.28. The molecule has 1 atom stereocenters. The van der Waals surface area contributed by atoms with E-state index in [1.165, 1.54) is 25.7 Å². The zero-order valence-electron chi connectivity index (χ0n) is 16.4. The Bertz CT molecular complexity index is 635. The fourth-order valence-corrected chi connectivity index (χ4v) is 6.38.